The van der Waals surface area contributed by atoms with Gasteiger partial charge in [-0.25, -0.2) is 4.39 Å². The summed E-state index contributed by atoms with van der Waals surface area (Å²) in [5, 5.41) is 8.38. The van der Waals surface area contributed by atoms with E-state index in [0.29, 0.717) is 0 Å². The van der Waals surface area contributed by atoms with Gasteiger partial charge in [0.05, 0.1) is 16.9 Å². The Morgan fingerprint density at radius 2 is 1.83 bits per heavy atom. The Labute approximate surface area is 174 Å². The van der Waals surface area contributed by atoms with Crippen LogP contribution in [0.1, 0.15) is 45.5 Å². The number of benzene rings is 1. The lowest BCUT2D eigenvalue weighted by Gasteiger charge is -2.36. The number of aromatic nitrogens is 2. The summed E-state index contributed by atoms with van der Waals surface area (Å²) in [4.78, 5) is 4.59. The van der Waals surface area contributed by atoms with E-state index in [2.05, 4.69) is 53.6 Å². The van der Waals surface area contributed by atoms with Crippen molar-refractivity contribution in [1.29, 1.82) is 0 Å². The molecule has 1 N–H and O–H groups in total. The van der Waals surface area contributed by atoms with Gasteiger partial charge in [0.25, 0.3) is 0 Å². The van der Waals surface area contributed by atoms with Crippen molar-refractivity contribution in [2.24, 2.45) is 0 Å². The topological polar surface area (TPSA) is 36.3 Å². The molecule has 1 aliphatic rings. The van der Waals surface area contributed by atoms with E-state index in [9.17, 15) is 4.39 Å². The summed E-state index contributed by atoms with van der Waals surface area (Å²) in [5.41, 5.74) is 3.18. The van der Waals surface area contributed by atoms with Crippen molar-refractivity contribution in [1.82, 2.24) is 20.0 Å². The molecule has 0 amide bonds. The lowest BCUT2D eigenvalue weighted by atomic mass is 10.1. The van der Waals surface area contributed by atoms with Crippen molar-refractivity contribution in [2.75, 3.05) is 44.2 Å². The van der Waals surface area contributed by atoms with Crippen LogP contribution in [-0.2, 0) is 18.5 Å². The van der Waals surface area contributed by atoms with Crippen molar-refractivity contribution in [3.05, 3.63) is 47.5 Å². The third-order valence-corrected chi connectivity index (χ3v) is 5.45. The number of piperazine rings is 1. The average Bonchev–Trinajstić information content (AvgIpc) is 3.10. The molecule has 1 saturated heterocycles. The molecule has 1 aromatic heterocycles. The number of hydrogen-bond acceptors (Lipinski definition) is 4. The molecule has 29 heavy (non-hydrogen) atoms. The Morgan fingerprint density at radius 1 is 1.10 bits per heavy atom. The van der Waals surface area contributed by atoms with Crippen LogP contribution in [0.15, 0.2) is 30.3 Å². The maximum Gasteiger partial charge on any atom is 0.146 e. The highest BCUT2D eigenvalue weighted by Gasteiger charge is 2.20. The van der Waals surface area contributed by atoms with E-state index in [0.717, 1.165) is 70.0 Å². The molecular weight excluding hydrogens is 365 g/mol. The highest BCUT2D eigenvalue weighted by molar-refractivity contribution is 5.47. The van der Waals surface area contributed by atoms with Gasteiger partial charge in [0.2, 0.25) is 0 Å². The SMILES string of the molecule is CCCc1cc(CNCCN2CCN(c3ccccc3F)CC2)nn1C(C)(C)C. The van der Waals surface area contributed by atoms with Gasteiger partial charge in [-0.2, -0.15) is 5.10 Å². The monoisotopic (exact) mass is 401 g/mol. The Kier molecular flexibility index (Phi) is 7.30. The molecule has 0 bridgehead atoms. The fourth-order valence-electron chi connectivity index (χ4n) is 3.95. The molecule has 1 aromatic carbocycles. The summed E-state index contributed by atoms with van der Waals surface area (Å²) in [7, 11) is 0. The van der Waals surface area contributed by atoms with Gasteiger partial charge >= 0.3 is 0 Å². The number of halogens is 1. The van der Waals surface area contributed by atoms with Gasteiger partial charge in [-0.05, 0) is 45.4 Å². The summed E-state index contributed by atoms with van der Waals surface area (Å²) in [5.74, 6) is -0.125. The molecule has 2 aromatic rings. The normalized spacial score (nSPS) is 15.8. The van der Waals surface area contributed by atoms with Crippen LogP contribution < -0.4 is 10.2 Å². The number of rotatable bonds is 8. The molecule has 0 unspecified atom stereocenters. The van der Waals surface area contributed by atoms with E-state index in [-0.39, 0.29) is 11.4 Å². The van der Waals surface area contributed by atoms with Crippen LogP contribution in [0.25, 0.3) is 0 Å². The van der Waals surface area contributed by atoms with Gasteiger partial charge in [0.15, 0.2) is 0 Å². The Morgan fingerprint density at radius 3 is 2.48 bits per heavy atom. The van der Waals surface area contributed by atoms with E-state index < -0.39 is 0 Å². The van der Waals surface area contributed by atoms with Crippen molar-refractivity contribution in [3.63, 3.8) is 0 Å². The number of aryl methyl sites for hydroxylation is 1. The predicted molar refractivity (Wildman–Crippen MR) is 118 cm³/mol. The zero-order valence-electron chi connectivity index (χ0n) is 18.4. The molecule has 160 valence electrons. The molecule has 1 aliphatic heterocycles. The second-order valence-corrected chi connectivity index (χ2v) is 8.92. The first-order valence-corrected chi connectivity index (χ1v) is 10.9. The van der Waals surface area contributed by atoms with Gasteiger partial charge in [0.1, 0.15) is 5.82 Å². The summed E-state index contributed by atoms with van der Waals surface area (Å²) in [6.45, 7) is 15.3. The molecule has 6 heteroatoms. The van der Waals surface area contributed by atoms with Crippen LogP contribution in [0.4, 0.5) is 10.1 Å². The van der Waals surface area contributed by atoms with Gasteiger partial charge in [-0.1, -0.05) is 25.5 Å². The first kappa shape index (κ1) is 21.8. The zero-order valence-corrected chi connectivity index (χ0v) is 18.4. The van der Waals surface area contributed by atoms with Crippen molar-refractivity contribution in [3.8, 4) is 0 Å². The second-order valence-electron chi connectivity index (χ2n) is 8.92. The summed E-state index contributed by atoms with van der Waals surface area (Å²) in [6.07, 6.45) is 2.20. The largest absolute Gasteiger partial charge is 0.367 e. The highest BCUT2D eigenvalue weighted by Crippen LogP contribution is 2.20. The van der Waals surface area contributed by atoms with Gasteiger partial charge in [0, 0.05) is 51.5 Å². The maximum absolute atomic E-state index is 14.0. The van der Waals surface area contributed by atoms with Gasteiger partial charge < -0.3 is 10.2 Å². The standard InChI is InChI=1S/C23H36FN5/c1-5-8-20-17-19(26-29(20)23(2,3)4)18-25-11-12-27-13-15-28(16-14-27)22-10-7-6-9-21(22)24/h6-7,9-10,17,25H,5,8,11-16,18H2,1-4H3. The second kappa shape index (κ2) is 9.72. The lowest BCUT2D eigenvalue weighted by Crippen LogP contribution is -2.48. The van der Waals surface area contributed by atoms with Crippen LogP contribution in [-0.4, -0.2) is 53.9 Å². The molecular formula is C23H36FN5. The quantitative estimate of drug-likeness (QED) is 0.685. The number of nitrogens with one attached hydrogen (secondary N) is 1. The lowest BCUT2D eigenvalue weighted by molar-refractivity contribution is 0.256. The van der Waals surface area contributed by atoms with Crippen molar-refractivity contribution in [2.45, 2.75) is 52.6 Å². The fraction of sp³-hybridized carbons (Fsp3) is 0.609. The molecule has 3 rings (SSSR count). The fourth-order valence-corrected chi connectivity index (χ4v) is 3.95. The molecule has 1 fully saturated rings. The van der Waals surface area contributed by atoms with Crippen LogP contribution in [0, 0.1) is 5.82 Å². The van der Waals surface area contributed by atoms with Crippen LogP contribution in [0.2, 0.25) is 0 Å². The maximum atomic E-state index is 14.0. The minimum Gasteiger partial charge on any atom is -0.367 e. The number of hydrogen-bond donors (Lipinski definition) is 1. The summed E-state index contributed by atoms with van der Waals surface area (Å²) in [6, 6.07) is 9.31. The van der Waals surface area contributed by atoms with Crippen LogP contribution in [0.5, 0.6) is 0 Å². The smallest absolute Gasteiger partial charge is 0.146 e. The average molecular weight is 402 g/mol. The Balaban J connectivity index is 1.42. The Bertz CT molecular complexity index is 772. The predicted octanol–water partition coefficient (Wildman–Crippen LogP) is 3.64. The van der Waals surface area contributed by atoms with E-state index in [1.54, 1.807) is 12.1 Å². The first-order chi connectivity index (χ1) is 13.9. The molecule has 0 atom stereocenters. The summed E-state index contributed by atoms with van der Waals surface area (Å²) >= 11 is 0. The minimum atomic E-state index is -0.125. The third-order valence-electron chi connectivity index (χ3n) is 5.45. The van der Waals surface area contributed by atoms with Gasteiger partial charge in [-0.3, -0.25) is 9.58 Å². The molecule has 0 aliphatic carbocycles. The first-order valence-electron chi connectivity index (χ1n) is 10.9. The third kappa shape index (κ3) is 5.80. The van der Waals surface area contributed by atoms with E-state index in [4.69, 9.17) is 5.10 Å². The highest BCUT2D eigenvalue weighted by atomic mass is 19.1. The molecule has 5 nitrogen and oxygen atoms in total. The Hall–Kier alpha value is -1.92. The van der Waals surface area contributed by atoms with Crippen molar-refractivity contribution >= 4 is 5.69 Å². The minimum absolute atomic E-state index is 0.0145. The number of para-hydroxylation sites is 1. The summed E-state index contributed by atoms with van der Waals surface area (Å²) < 4.78 is 16.1. The molecule has 0 saturated carbocycles. The van der Waals surface area contributed by atoms with Crippen LogP contribution >= 0.6 is 0 Å². The number of nitrogens with zero attached hydrogens (tertiary/aromatic N) is 4. The molecule has 2 heterocycles. The van der Waals surface area contributed by atoms with E-state index >= 15 is 0 Å². The van der Waals surface area contributed by atoms with Crippen molar-refractivity contribution < 1.29 is 4.39 Å². The zero-order chi connectivity index (χ0) is 20.9. The number of anilines is 1. The van der Waals surface area contributed by atoms with Crippen LogP contribution in [0.3, 0.4) is 0 Å². The molecule has 0 radical (unpaired) electrons. The molecule has 0 spiro atoms. The van der Waals surface area contributed by atoms with E-state index in [1.807, 2.05) is 12.1 Å². The van der Waals surface area contributed by atoms with Gasteiger partial charge in [-0.15, -0.1) is 0 Å². The van der Waals surface area contributed by atoms with E-state index in [1.165, 1.54) is 5.69 Å².